The van der Waals surface area contributed by atoms with E-state index in [1.54, 1.807) is 6.92 Å². The number of hydrogen-bond acceptors (Lipinski definition) is 2. The molecule has 0 spiro atoms. The van der Waals surface area contributed by atoms with Gasteiger partial charge in [-0.05, 0) is 38.2 Å². The molecule has 15 heavy (non-hydrogen) atoms. The highest BCUT2D eigenvalue weighted by Crippen LogP contribution is 2.20. The number of hydrogen-bond donors (Lipinski definition) is 0. The summed E-state index contributed by atoms with van der Waals surface area (Å²) < 4.78 is 1.08. The van der Waals surface area contributed by atoms with Crippen molar-refractivity contribution in [3.05, 3.63) is 33.8 Å². The van der Waals surface area contributed by atoms with E-state index in [0.717, 1.165) is 16.6 Å². The first-order valence-corrected chi connectivity index (χ1v) is 5.70. The molecule has 0 saturated carbocycles. The molecule has 0 atom stereocenters. The second-order valence-corrected chi connectivity index (χ2v) is 4.90. The summed E-state index contributed by atoms with van der Waals surface area (Å²) in [7, 11) is 4.08. The Hall–Kier alpha value is -0.670. The van der Waals surface area contributed by atoms with Gasteiger partial charge in [-0.2, -0.15) is 0 Å². The molecule has 1 aromatic carbocycles. The van der Waals surface area contributed by atoms with Crippen molar-refractivity contribution in [2.75, 3.05) is 14.1 Å². The maximum atomic E-state index is 11.0. The lowest BCUT2D eigenvalue weighted by molar-refractivity contribution is -0.116. The lowest BCUT2D eigenvalue weighted by Crippen LogP contribution is -2.11. The summed E-state index contributed by atoms with van der Waals surface area (Å²) in [6.07, 6.45) is 0.515. The highest BCUT2D eigenvalue weighted by molar-refractivity contribution is 9.10. The topological polar surface area (TPSA) is 20.3 Å². The third kappa shape index (κ3) is 4.14. The zero-order chi connectivity index (χ0) is 11.4. The van der Waals surface area contributed by atoms with Gasteiger partial charge in [0.2, 0.25) is 0 Å². The summed E-state index contributed by atoms with van der Waals surface area (Å²) in [4.78, 5) is 13.1. The van der Waals surface area contributed by atoms with Crippen molar-refractivity contribution >= 4 is 21.7 Å². The van der Waals surface area contributed by atoms with Crippen LogP contribution in [0.3, 0.4) is 0 Å². The van der Waals surface area contributed by atoms with Crippen molar-refractivity contribution in [3.8, 4) is 0 Å². The Balaban J connectivity index is 2.83. The predicted octanol–water partition coefficient (Wildman–Crippen LogP) is 2.64. The lowest BCUT2D eigenvalue weighted by atomic mass is 10.1. The third-order valence-corrected chi connectivity index (χ3v) is 2.80. The van der Waals surface area contributed by atoms with E-state index in [2.05, 4.69) is 26.9 Å². The number of carbonyl (C=O) groups excluding carboxylic acids is 1. The van der Waals surface area contributed by atoms with Crippen LogP contribution in [0.4, 0.5) is 0 Å². The molecule has 82 valence electrons. The predicted molar refractivity (Wildman–Crippen MR) is 65.9 cm³/mol. The molecule has 0 radical (unpaired) electrons. The van der Waals surface area contributed by atoms with E-state index in [-0.39, 0.29) is 5.78 Å². The molecule has 0 bridgehead atoms. The minimum atomic E-state index is 0.197. The number of nitrogens with zero attached hydrogens (tertiary/aromatic N) is 1. The van der Waals surface area contributed by atoms with Gasteiger partial charge < -0.3 is 4.90 Å². The molecule has 3 heteroatoms. The van der Waals surface area contributed by atoms with Crippen LogP contribution in [0.1, 0.15) is 18.1 Å². The first kappa shape index (κ1) is 12.4. The van der Waals surface area contributed by atoms with Crippen LogP contribution in [0.2, 0.25) is 0 Å². The van der Waals surface area contributed by atoms with Crippen LogP contribution in [0.25, 0.3) is 0 Å². The lowest BCUT2D eigenvalue weighted by Gasteiger charge is -2.12. The first-order valence-electron chi connectivity index (χ1n) is 4.90. The van der Waals surface area contributed by atoms with Crippen molar-refractivity contribution < 1.29 is 4.79 Å². The number of benzene rings is 1. The average molecular weight is 270 g/mol. The smallest absolute Gasteiger partial charge is 0.134 e. The number of rotatable bonds is 4. The van der Waals surface area contributed by atoms with Gasteiger partial charge in [0.15, 0.2) is 0 Å². The Morgan fingerprint density at radius 3 is 2.53 bits per heavy atom. The zero-order valence-electron chi connectivity index (χ0n) is 9.38. The van der Waals surface area contributed by atoms with Gasteiger partial charge in [0, 0.05) is 17.4 Å². The van der Waals surface area contributed by atoms with Gasteiger partial charge in [0.1, 0.15) is 5.78 Å². The summed E-state index contributed by atoms with van der Waals surface area (Å²) >= 11 is 3.53. The fraction of sp³-hybridized carbons (Fsp3) is 0.417. The Morgan fingerprint density at radius 2 is 2.07 bits per heavy atom. The van der Waals surface area contributed by atoms with Gasteiger partial charge in [0.25, 0.3) is 0 Å². The number of ketones is 1. The summed E-state index contributed by atoms with van der Waals surface area (Å²) in [6, 6.07) is 6.12. The van der Waals surface area contributed by atoms with E-state index >= 15 is 0 Å². The van der Waals surface area contributed by atoms with Crippen molar-refractivity contribution in [3.63, 3.8) is 0 Å². The average Bonchev–Trinajstić information content (AvgIpc) is 2.08. The molecule has 1 rings (SSSR count). The second-order valence-electron chi connectivity index (χ2n) is 4.04. The zero-order valence-corrected chi connectivity index (χ0v) is 11.0. The molecule has 0 aromatic heterocycles. The molecule has 0 heterocycles. The minimum absolute atomic E-state index is 0.197. The standard InChI is InChI=1S/C12H16BrNO/c1-9(15)6-10-4-5-11(8-14(2)3)12(13)7-10/h4-5,7H,6,8H2,1-3H3. The van der Waals surface area contributed by atoms with Crippen LogP contribution in [-0.2, 0) is 17.8 Å². The first-order chi connectivity index (χ1) is 6.99. The summed E-state index contributed by atoms with van der Waals surface area (Å²) in [5.41, 5.74) is 2.31. The van der Waals surface area contributed by atoms with Gasteiger partial charge in [-0.3, -0.25) is 4.79 Å². The van der Waals surface area contributed by atoms with E-state index < -0.39 is 0 Å². The summed E-state index contributed by atoms with van der Waals surface area (Å²) in [5, 5.41) is 0. The molecule has 0 unspecified atom stereocenters. The maximum Gasteiger partial charge on any atom is 0.134 e. The molecule has 0 fully saturated rings. The maximum absolute atomic E-state index is 11.0. The minimum Gasteiger partial charge on any atom is -0.305 e. The van der Waals surface area contributed by atoms with Crippen LogP contribution in [-0.4, -0.2) is 24.8 Å². The van der Waals surface area contributed by atoms with Crippen LogP contribution in [0, 0.1) is 0 Å². The molecule has 2 nitrogen and oxygen atoms in total. The number of carbonyl (C=O) groups is 1. The number of Topliss-reactive ketones (excluding diaryl/α,β-unsaturated/α-hetero) is 1. The molecule has 0 aliphatic carbocycles. The molecule has 1 aromatic rings. The molecule has 0 aliphatic heterocycles. The normalized spacial score (nSPS) is 10.7. The van der Waals surface area contributed by atoms with Gasteiger partial charge in [-0.25, -0.2) is 0 Å². The summed E-state index contributed by atoms with van der Waals surface area (Å²) in [6.45, 7) is 2.52. The fourth-order valence-corrected chi connectivity index (χ4v) is 2.01. The fourth-order valence-electron chi connectivity index (χ4n) is 1.46. The Morgan fingerprint density at radius 1 is 1.40 bits per heavy atom. The Bertz CT molecular complexity index is 361. The van der Waals surface area contributed by atoms with E-state index in [9.17, 15) is 4.79 Å². The Labute approximate surface area is 99.4 Å². The van der Waals surface area contributed by atoms with Crippen molar-refractivity contribution in [1.82, 2.24) is 4.90 Å². The molecular weight excluding hydrogens is 254 g/mol. The quantitative estimate of drug-likeness (QED) is 0.838. The van der Waals surface area contributed by atoms with Gasteiger partial charge in [-0.15, -0.1) is 0 Å². The molecule has 0 saturated heterocycles. The van der Waals surface area contributed by atoms with Crippen LogP contribution in [0.5, 0.6) is 0 Å². The van der Waals surface area contributed by atoms with E-state index in [1.807, 2.05) is 26.2 Å². The summed E-state index contributed by atoms with van der Waals surface area (Å²) in [5.74, 6) is 0.197. The van der Waals surface area contributed by atoms with E-state index in [0.29, 0.717) is 6.42 Å². The van der Waals surface area contributed by atoms with Gasteiger partial charge in [-0.1, -0.05) is 28.1 Å². The van der Waals surface area contributed by atoms with Gasteiger partial charge >= 0.3 is 0 Å². The molecule has 0 amide bonds. The van der Waals surface area contributed by atoms with Crippen LogP contribution < -0.4 is 0 Å². The monoisotopic (exact) mass is 269 g/mol. The van der Waals surface area contributed by atoms with Crippen molar-refractivity contribution in [2.45, 2.75) is 19.9 Å². The Kier molecular flexibility index (Phi) is 4.48. The second kappa shape index (κ2) is 5.42. The van der Waals surface area contributed by atoms with Crippen molar-refractivity contribution in [2.24, 2.45) is 0 Å². The SMILES string of the molecule is CC(=O)Cc1ccc(CN(C)C)c(Br)c1. The highest BCUT2D eigenvalue weighted by Gasteiger charge is 2.04. The molecular formula is C12H16BrNO. The number of halogens is 1. The molecule has 0 aliphatic rings. The van der Waals surface area contributed by atoms with Crippen molar-refractivity contribution in [1.29, 1.82) is 0 Å². The van der Waals surface area contributed by atoms with Crippen LogP contribution >= 0.6 is 15.9 Å². The molecule has 0 N–H and O–H groups in total. The third-order valence-electron chi connectivity index (χ3n) is 2.06. The van der Waals surface area contributed by atoms with Crippen LogP contribution in [0.15, 0.2) is 22.7 Å². The van der Waals surface area contributed by atoms with Gasteiger partial charge in [0.05, 0.1) is 0 Å². The largest absolute Gasteiger partial charge is 0.305 e. The van der Waals surface area contributed by atoms with E-state index in [4.69, 9.17) is 0 Å². The highest BCUT2D eigenvalue weighted by atomic mass is 79.9. The van der Waals surface area contributed by atoms with E-state index in [1.165, 1.54) is 5.56 Å².